The summed E-state index contributed by atoms with van der Waals surface area (Å²) >= 11 is 0. The normalized spacial score (nSPS) is 16.6. The van der Waals surface area contributed by atoms with Gasteiger partial charge in [0.25, 0.3) is 0 Å². The minimum absolute atomic E-state index is 0.666. The van der Waals surface area contributed by atoms with Crippen molar-refractivity contribution in [3.8, 4) is 11.5 Å². The van der Waals surface area contributed by atoms with Crippen LogP contribution in [0, 0.1) is 0 Å². The quantitative estimate of drug-likeness (QED) is 0.916. The molecule has 1 saturated heterocycles. The molecule has 3 heteroatoms. The predicted octanol–water partition coefficient (Wildman–Crippen LogP) is 3.62. The average molecular weight is 296 g/mol. The summed E-state index contributed by atoms with van der Waals surface area (Å²) in [6.07, 6.45) is 2.44. The molecule has 0 saturated carbocycles. The van der Waals surface area contributed by atoms with Gasteiger partial charge in [-0.25, -0.2) is 0 Å². The smallest absolute Gasteiger partial charge is 0.127 e. The van der Waals surface area contributed by atoms with E-state index in [9.17, 15) is 0 Å². The number of rotatable bonds is 5. The highest BCUT2D eigenvalue weighted by Gasteiger charge is 2.19. The van der Waals surface area contributed by atoms with Crippen LogP contribution in [0.4, 0.5) is 0 Å². The Morgan fingerprint density at radius 1 is 0.909 bits per heavy atom. The molecular weight excluding hydrogens is 272 g/mol. The first-order valence-corrected chi connectivity index (χ1v) is 8.10. The lowest BCUT2D eigenvalue weighted by Gasteiger charge is -2.31. The lowest BCUT2D eigenvalue weighted by molar-refractivity contribution is 0.217. The summed E-state index contributed by atoms with van der Waals surface area (Å²) in [5.74, 6) is 2.45. The van der Waals surface area contributed by atoms with Gasteiger partial charge in [-0.3, -0.25) is 0 Å². The topological polar surface area (TPSA) is 38.5 Å². The standard InChI is InChI=1S/C19H24N2O/c20-12-15-21-13-10-17(11-14-21)16-6-8-19(9-7-16)22-18-4-2-1-3-5-18/h1-9,17H,10-15,20H2. The van der Waals surface area contributed by atoms with Crippen LogP contribution in [0.1, 0.15) is 24.3 Å². The van der Waals surface area contributed by atoms with Gasteiger partial charge >= 0.3 is 0 Å². The van der Waals surface area contributed by atoms with Crippen molar-refractivity contribution in [1.29, 1.82) is 0 Å². The maximum atomic E-state index is 5.85. The summed E-state index contributed by atoms with van der Waals surface area (Å²) in [5, 5.41) is 0. The average Bonchev–Trinajstić information content (AvgIpc) is 2.58. The zero-order valence-electron chi connectivity index (χ0n) is 12.9. The molecule has 0 amide bonds. The Hall–Kier alpha value is -1.84. The third-order valence-electron chi connectivity index (χ3n) is 4.36. The van der Waals surface area contributed by atoms with Crippen molar-refractivity contribution < 1.29 is 4.74 Å². The molecule has 22 heavy (non-hydrogen) atoms. The van der Waals surface area contributed by atoms with Crippen molar-refractivity contribution in [2.45, 2.75) is 18.8 Å². The minimum atomic E-state index is 0.666. The molecule has 0 radical (unpaired) electrons. The van der Waals surface area contributed by atoms with Crippen LogP contribution in [0.15, 0.2) is 54.6 Å². The van der Waals surface area contributed by atoms with Gasteiger partial charge in [-0.1, -0.05) is 30.3 Å². The number of benzene rings is 2. The Morgan fingerprint density at radius 2 is 1.55 bits per heavy atom. The molecule has 0 unspecified atom stereocenters. The van der Waals surface area contributed by atoms with Gasteiger partial charge in [-0.15, -0.1) is 0 Å². The molecule has 0 spiro atoms. The van der Waals surface area contributed by atoms with Crippen molar-refractivity contribution in [3.05, 3.63) is 60.2 Å². The van der Waals surface area contributed by atoms with Crippen LogP contribution in [-0.2, 0) is 0 Å². The summed E-state index contributed by atoms with van der Waals surface area (Å²) in [7, 11) is 0. The molecule has 0 aromatic heterocycles. The fourth-order valence-corrected chi connectivity index (χ4v) is 3.11. The number of nitrogens with zero attached hydrogens (tertiary/aromatic N) is 1. The fraction of sp³-hybridized carbons (Fsp3) is 0.368. The van der Waals surface area contributed by atoms with Crippen LogP contribution >= 0.6 is 0 Å². The number of hydrogen-bond donors (Lipinski definition) is 1. The number of para-hydroxylation sites is 1. The summed E-state index contributed by atoms with van der Waals surface area (Å²) in [4.78, 5) is 2.46. The molecule has 2 aromatic carbocycles. The summed E-state index contributed by atoms with van der Waals surface area (Å²) < 4.78 is 5.85. The molecule has 0 bridgehead atoms. The van der Waals surface area contributed by atoms with Crippen LogP contribution in [0.25, 0.3) is 0 Å². The molecule has 1 aliphatic heterocycles. The molecule has 2 aromatic rings. The monoisotopic (exact) mass is 296 g/mol. The molecule has 1 heterocycles. The summed E-state index contributed by atoms with van der Waals surface area (Å²) in [6, 6.07) is 18.5. The number of ether oxygens (including phenoxy) is 1. The van der Waals surface area contributed by atoms with Gasteiger partial charge in [0.05, 0.1) is 0 Å². The second kappa shape index (κ2) is 7.43. The predicted molar refractivity (Wildman–Crippen MR) is 90.4 cm³/mol. The van der Waals surface area contributed by atoms with E-state index in [1.165, 1.54) is 18.4 Å². The van der Waals surface area contributed by atoms with Crippen molar-refractivity contribution >= 4 is 0 Å². The van der Waals surface area contributed by atoms with E-state index in [1.807, 2.05) is 30.3 Å². The van der Waals surface area contributed by atoms with Crippen molar-refractivity contribution in [2.24, 2.45) is 5.73 Å². The van der Waals surface area contributed by atoms with Crippen molar-refractivity contribution in [2.75, 3.05) is 26.2 Å². The van der Waals surface area contributed by atoms with E-state index in [1.54, 1.807) is 0 Å². The van der Waals surface area contributed by atoms with Crippen LogP contribution in [0.5, 0.6) is 11.5 Å². The molecule has 116 valence electrons. The van der Waals surface area contributed by atoms with E-state index in [0.717, 1.165) is 37.7 Å². The molecule has 1 aliphatic rings. The van der Waals surface area contributed by atoms with Gasteiger partial charge in [0.1, 0.15) is 11.5 Å². The third kappa shape index (κ3) is 3.87. The zero-order valence-corrected chi connectivity index (χ0v) is 12.9. The van der Waals surface area contributed by atoms with E-state index in [-0.39, 0.29) is 0 Å². The Labute approximate surface area is 132 Å². The lowest BCUT2D eigenvalue weighted by atomic mass is 9.89. The SMILES string of the molecule is NCCN1CCC(c2ccc(Oc3ccccc3)cc2)CC1. The van der Waals surface area contributed by atoms with Crippen LogP contribution in [-0.4, -0.2) is 31.1 Å². The first kappa shape index (κ1) is 15.1. The van der Waals surface area contributed by atoms with Gasteiger partial charge in [-0.2, -0.15) is 0 Å². The van der Waals surface area contributed by atoms with E-state index in [0.29, 0.717) is 5.92 Å². The van der Waals surface area contributed by atoms with Crippen LogP contribution in [0.2, 0.25) is 0 Å². The Kier molecular flexibility index (Phi) is 5.09. The van der Waals surface area contributed by atoms with E-state index >= 15 is 0 Å². The van der Waals surface area contributed by atoms with Crippen LogP contribution in [0.3, 0.4) is 0 Å². The Balaban J connectivity index is 1.58. The maximum Gasteiger partial charge on any atom is 0.127 e. The molecule has 2 N–H and O–H groups in total. The summed E-state index contributed by atoms with van der Waals surface area (Å²) in [6.45, 7) is 4.10. The second-order valence-electron chi connectivity index (χ2n) is 5.89. The largest absolute Gasteiger partial charge is 0.457 e. The zero-order chi connectivity index (χ0) is 15.2. The van der Waals surface area contributed by atoms with Crippen molar-refractivity contribution in [3.63, 3.8) is 0 Å². The maximum absolute atomic E-state index is 5.85. The number of nitrogens with two attached hydrogens (primary N) is 1. The fourth-order valence-electron chi connectivity index (χ4n) is 3.11. The van der Waals surface area contributed by atoms with Gasteiger partial charge < -0.3 is 15.4 Å². The van der Waals surface area contributed by atoms with Crippen molar-refractivity contribution in [1.82, 2.24) is 4.90 Å². The number of piperidine rings is 1. The third-order valence-corrected chi connectivity index (χ3v) is 4.36. The number of hydrogen-bond acceptors (Lipinski definition) is 3. The Bertz CT molecular complexity index is 560. The van der Waals surface area contributed by atoms with E-state index in [4.69, 9.17) is 10.5 Å². The van der Waals surface area contributed by atoms with Gasteiger partial charge in [-0.05, 0) is 61.7 Å². The molecule has 0 aliphatic carbocycles. The first-order valence-electron chi connectivity index (χ1n) is 8.10. The highest BCUT2D eigenvalue weighted by Crippen LogP contribution is 2.30. The number of likely N-dealkylation sites (tertiary alicyclic amines) is 1. The molecular formula is C19H24N2O. The molecule has 3 nitrogen and oxygen atoms in total. The summed E-state index contributed by atoms with van der Waals surface area (Å²) in [5.41, 5.74) is 7.05. The first-order chi connectivity index (χ1) is 10.8. The van der Waals surface area contributed by atoms with Gasteiger partial charge in [0, 0.05) is 13.1 Å². The highest BCUT2D eigenvalue weighted by atomic mass is 16.5. The van der Waals surface area contributed by atoms with Crippen LogP contribution < -0.4 is 10.5 Å². The molecule has 3 rings (SSSR count). The van der Waals surface area contributed by atoms with Gasteiger partial charge in [0.15, 0.2) is 0 Å². The van der Waals surface area contributed by atoms with E-state index < -0.39 is 0 Å². The second-order valence-corrected chi connectivity index (χ2v) is 5.89. The molecule has 1 fully saturated rings. The molecule has 0 atom stereocenters. The highest BCUT2D eigenvalue weighted by molar-refractivity contribution is 5.34. The lowest BCUT2D eigenvalue weighted by Crippen LogP contribution is -2.36. The minimum Gasteiger partial charge on any atom is -0.457 e. The van der Waals surface area contributed by atoms with E-state index in [2.05, 4.69) is 29.2 Å². The van der Waals surface area contributed by atoms with Gasteiger partial charge in [0.2, 0.25) is 0 Å². The Morgan fingerprint density at radius 3 is 2.18 bits per heavy atom.